The maximum Gasteiger partial charge on any atom is 0.251 e. The predicted molar refractivity (Wildman–Crippen MR) is 105 cm³/mol. The van der Waals surface area contributed by atoms with Crippen LogP contribution in [0.15, 0.2) is 60.7 Å². The lowest BCUT2D eigenvalue weighted by atomic mass is 9.99. The van der Waals surface area contributed by atoms with Gasteiger partial charge in [0.15, 0.2) is 6.29 Å². The topological polar surface area (TPSA) is 59.6 Å². The van der Waals surface area contributed by atoms with E-state index in [2.05, 4.69) is 34.9 Å². The molecule has 0 spiro atoms. The second kappa shape index (κ2) is 10.2. The number of hydrogen-bond donors (Lipinski definition) is 2. The van der Waals surface area contributed by atoms with Crippen LogP contribution in [0.5, 0.6) is 0 Å². The van der Waals surface area contributed by atoms with Gasteiger partial charge < -0.3 is 20.1 Å². The van der Waals surface area contributed by atoms with Crippen LogP contribution in [0.1, 0.15) is 35.2 Å². The van der Waals surface area contributed by atoms with Gasteiger partial charge >= 0.3 is 0 Å². The molecule has 1 saturated heterocycles. The molecule has 2 aromatic rings. The van der Waals surface area contributed by atoms with Crippen LogP contribution in [0.3, 0.4) is 0 Å². The van der Waals surface area contributed by atoms with Crippen LogP contribution >= 0.6 is 0 Å². The molecule has 0 aromatic heterocycles. The first-order chi connectivity index (χ1) is 13.2. The highest BCUT2D eigenvalue weighted by molar-refractivity contribution is 5.94. The number of benzene rings is 2. The summed E-state index contributed by atoms with van der Waals surface area (Å²) in [4.78, 5) is 12.1. The van der Waals surface area contributed by atoms with Crippen molar-refractivity contribution < 1.29 is 14.3 Å². The van der Waals surface area contributed by atoms with E-state index in [0.717, 1.165) is 25.8 Å². The van der Waals surface area contributed by atoms with Crippen LogP contribution < -0.4 is 10.6 Å². The number of hydrogen-bond acceptors (Lipinski definition) is 4. The molecule has 5 nitrogen and oxygen atoms in total. The van der Waals surface area contributed by atoms with E-state index in [1.165, 1.54) is 5.56 Å². The quantitative estimate of drug-likeness (QED) is 0.752. The highest BCUT2D eigenvalue weighted by atomic mass is 16.7. The molecule has 0 radical (unpaired) electrons. The first-order valence-electron chi connectivity index (χ1n) is 9.53. The number of rotatable bonds is 8. The van der Waals surface area contributed by atoms with Gasteiger partial charge in [-0.05, 0) is 30.5 Å². The second-order valence-corrected chi connectivity index (χ2v) is 6.87. The Labute approximate surface area is 161 Å². The van der Waals surface area contributed by atoms with E-state index in [9.17, 15) is 4.79 Å². The number of ether oxygens (including phenoxy) is 2. The molecule has 3 atom stereocenters. The van der Waals surface area contributed by atoms with Crippen molar-refractivity contribution in [2.75, 3.05) is 13.7 Å². The fourth-order valence-corrected chi connectivity index (χ4v) is 3.37. The van der Waals surface area contributed by atoms with Gasteiger partial charge in [0.2, 0.25) is 0 Å². The third-order valence-electron chi connectivity index (χ3n) is 4.86. The highest BCUT2D eigenvalue weighted by Crippen LogP contribution is 2.22. The molecule has 5 heteroatoms. The summed E-state index contributed by atoms with van der Waals surface area (Å²) >= 11 is 0. The van der Waals surface area contributed by atoms with Crippen molar-refractivity contribution in [3.05, 3.63) is 71.8 Å². The highest BCUT2D eigenvalue weighted by Gasteiger charge is 2.29. The van der Waals surface area contributed by atoms with E-state index in [-0.39, 0.29) is 18.3 Å². The average molecular weight is 368 g/mol. The minimum absolute atomic E-state index is 0.0477. The molecule has 0 aliphatic carbocycles. The number of carbonyl (C=O) groups excluding carboxylic acids is 1. The van der Waals surface area contributed by atoms with Crippen LogP contribution in [0.25, 0.3) is 0 Å². The molecule has 27 heavy (non-hydrogen) atoms. The van der Waals surface area contributed by atoms with Crippen molar-refractivity contribution in [2.24, 2.45) is 0 Å². The van der Waals surface area contributed by atoms with Gasteiger partial charge in [0.05, 0.1) is 6.10 Å². The summed E-state index contributed by atoms with van der Waals surface area (Å²) in [6.45, 7) is 1.42. The summed E-state index contributed by atoms with van der Waals surface area (Å²) in [6, 6.07) is 20.0. The summed E-state index contributed by atoms with van der Waals surface area (Å²) in [5, 5.41) is 6.58. The van der Waals surface area contributed by atoms with Crippen LogP contribution in [0, 0.1) is 0 Å². The van der Waals surface area contributed by atoms with Crippen molar-refractivity contribution in [1.82, 2.24) is 10.6 Å². The van der Waals surface area contributed by atoms with Crippen molar-refractivity contribution in [1.29, 1.82) is 0 Å². The standard InChI is InChI=1S/C22H28N2O3/c1-26-21-15-19(24-16-17-8-4-2-5-9-17)14-20(27-21)12-13-23-22(25)18-10-6-3-7-11-18/h2-11,19-21,24H,12-16H2,1H3,(H,23,25)/t19-,20-,21+/m1/s1. The first kappa shape index (κ1) is 19.5. The van der Waals surface area contributed by atoms with Crippen molar-refractivity contribution in [3.63, 3.8) is 0 Å². The lowest BCUT2D eigenvalue weighted by Gasteiger charge is -2.35. The van der Waals surface area contributed by atoms with E-state index in [1.54, 1.807) is 7.11 Å². The van der Waals surface area contributed by atoms with Crippen LogP contribution in [0.4, 0.5) is 0 Å². The number of carbonyl (C=O) groups is 1. The van der Waals surface area contributed by atoms with Crippen molar-refractivity contribution >= 4 is 5.91 Å². The predicted octanol–water partition coefficient (Wildman–Crippen LogP) is 3.12. The van der Waals surface area contributed by atoms with Crippen molar-refractivity contribution in [3.8, 4) is 0 Å². The van der Waals surface area contributed by atoms with Crippen molar-refractivity contribution in [2.45, 2.75) is 44.2 Å². The van der Waals surface area contributed by atoms with E-state index in [1.807, 2.05) is 36.4 Å². The van der Waals surface area contributed by atoms with E-state index < -0.39 is 0 Å². The third kappa shape index (κ3) is 6.17. The minimum Gasteiger partial charge on any atom is -0.356 e. The van der Waals surface area contributed by atoms with Gasteiger partial charge in [-0.15, -0.1) is 0 Å². The Kier molecular flexibility index (Phi) is 7.39. The van der Waals surface area contributed by atoms with Gasteiger partial charge in [-0.3, -0.25) is 4.79 Å². The van der Waals surface area contributed by atoms with Gasteiger partial charge in [-0.2, -0.15) is 0 Å². The number of nitrogens with one attached hydrogen (secondary N) is 2. The molecule has 0 saturated carbocycles. The monoisotopic (exact) mass is 368 g/mol. The third-order valence-corrected chi connectivity index (χ3v) is 4.86. The van der Waals surface area contributed by atoms with Gasteiger partial charge in [-0.25, -0.2) is 0 Å². The largest absolute Gasteiger partial charge is 0.356 e. The molecular weight excluding hydrogens is 340 g/mol. The summed E-state index contributed by atoms with van der Waals surface area (Å²) in [6.07, 6.45) is 2.36. The molecule has 3 rings (SSSR count). The zero-order valence-electron chi connectivity index (χ0n) is 15.8. The molecule has 2 N–H and O–H groups in total. The molecule has 2 aromatic carbocycles. The number of methoxy groups -OCH3 is 1. The molecule has 1 heterocycles. The fraction of sp³-hybridized carbons (Fsp3) is 0.409. The van der Waals surface area contributed by atoms with Crippen LogP contribution in [-0.4, -0.2) is 38.0 Å². The molecule has 1 aliphatic heterocycles. The van der Waals surface area contributed by atoms with E-state index in [0.29, 0.717) is 18.2 Å². The van der Waals surface area contributed by atoms with Crippen LogP contribution in [-0.2, 0) is 16.0 Å². The Bertz CT molecular complexity index is 693. The molecule has 0 unspecified atom stereocenters. The molecule has 1 amide bonds. The summed E-state index contributed by atoms with van der Waals surface area (Å²) in [5.41, 5.74) is 1.95. The summed E-state index contributed by atoms with van der Waals surface area (Å²) in [7, 11) is 1.68. The van der Waals surface area contributed by atoms with Gasteiger partial charge in [-0.1, -0.05) is 48.5 Å². The van der Waals surface area contributed by atoms with Gasteiger partial charge in [0, 0.05) is 38.2 Å². The Morgan fingerprint density at radius 2 is 1.78 bits per heavy atom. The molecular formula is C22H28N2O3. The molecule has 144 valence electrons. The van der Waals surface area contributed by atoms with E-state index in [4.69, 9.17) is 9.47 Å². The lowest BCUT2D eigenvalue weighted by Crippen LogP contribution is -2.44. The number of amides is 1. The SMILES string of the molecule is CO[C@@H]1C[C@H](NCc2ccccc2)C[C@@H](CCNC(=O)c2ccccc2)O1. The summed E-state index contributed by atoms with van der Waals surface area (Å²) in [5.74, 6) is -0.0477. The lowest BCUT2D eigenvalue weighted by molar-refractivity contribution is -0.187. The molecule has 1 fully saturated rings. The maximum absolute atomic E-state index is 12.1. The van der Waals surface area contributed by atoms with Gasteiger partial charge in [0.25, 0.3) is 5.91 Å². The molecule has 1 aliphatic rings. The zero-order chi connectivity index (χ0) is 18.9. The maximum atomic E-state index is 12.1. The Balaban J connectivity index is 1.45. The van der Waals surface area contributed by atoms with E-state index >= 15 is 0 Å². The first-order valence-corrected chi connectivity index (χ1v) is 9.53. The smallest absolute Gasteiger partial charge is 0.251 e. The molecule has 0 bridgehead atoms. The Morgan fingerprint density at radius 3 is 2.48 bits per heavy atom. The van der Waals surface area contributed by atoms with Crippen LogP contribution in [0.2, 0.25) is 0 Å². The normalized spacial score (nSPS) is 22.3. The minimum atomic E-state index is -0.207. The van der Waals surface area contributed by atoms with Gasteiger partial charge in [0.1, 0.15) is 0 Å². The second-order valence-electron chi connectivity index (χ2n) is 6.87. The Morgan fingerprint density at radius 1 is 1.07 bits per heavy atom. The Hall–Kier alpha value is -2.21. The summed E-state index contributed by atoms with van der Waals surface area (Å²) < 4.78 is 11.4. The zero-order valence-corrected chi connectivity index (χ0v) is 15.8. The fourth-order valence-electron chi connectivity index (χ4n) is 3.37. The average Bonchev–Trinajstić information content (AvgIpc) is 2.73.